The predicted octanol–water partition coefficient (Wildman–Crippen LogP) is 3.55. The molecule has 3 aromatic rings. The van der Waals surface area contributed by atoms with E-state index in [1.165, 1.54) is 7.11 Å². The van der Waals surface area contributed by atoms with Gasteiger partial charge in [-0.3, -0.25) is 14.6 Å². The van der Waals surface area contributed by atoms with Gasteiger partial charge in [-0.15, -0.1) is 0 Å². The van der Waals surface area contributed by atoms with Crippen molar-refractivity contribution in [3.63, 3.8) is 0 Å². The second kappa shape index (κ2) is 8.24. The van der Waals surface area contributed by atoms with E-state index in [0.29, 0.717) is 34.9 Å². The molecular weight excluding hydrogens is 382 g/mol. The maximum Gasteiger partial charge on any atom is 0.258 e. The molecule has 0 aliphatic carbocycles. The van der Waals surface area contributed by atoms with Crippen molar-refractivity contribution in [1.82, 2.24) is 4.98 Å². The van der Waals surface area contributed by atoms with Gasteiger partial charge in [-0.1, -0.05) is 6.07 Å². The molecule has 2 heterocycles. The highest BCUT2D eigenvalue weighted by molar-refractivity contribution is 6.08. The fraction of sp³-hybridized carbons (Fsp3) is 0.174. The summed E-state index contributed by atoms with van der Waals surface area (Å²) in [5.74, 6) is 0.672. The molecule has 0 spiro atoms. The summed E-state index contributed by atoms with van der Waals surface area (Å²) in [5, 5.41) is 2.89. The Bertz CT molecular complexity index is 1100. The van der Waals surface area contributed by atoms with Crippen LogP contribution in [0.3, 0.4) is 0 Å². The van der Waals surface area contributed by atoms with Crippen molar-refractivity contribution in [1.29, 1.82) is 0 Å². The Kier molecular flexibility index (Phi) is 5.34. The van der Waals surface area contributed by atoms with Crippen LogP contribution in [0.15, 0.2) is 60.9 Å². The van der Waals surface area contributed by atoms with Gasteiger partial charge >= 0.3 is 0 Å². The van der Waals surface area contributed by atoms with Crippen LogP contribution in [0.5, 0.6) is 11.5 Å². The van der Waals surface area contributed by atoms with Gasteiger partial charge in [0.15, 0.2) is 11.5 Å². The minimum Gasteiger partial charge on any atom is -0.493 e. The van der Waals surface area contributed by atoms with Crippen molar-refractivity contribution < 1.29 is 19.1 Å². The van der Waals surface area contributed by atoms with E-state index in [0.717, 1.165) is 17.7 Å². The molecule has 1 aromatic heterocycles. The highest BCUT2D eigenvalue weighted by Gasteiger charge is 2.26. The van der Waals surface area contributed by atoms with Crippen LogP contribution in [0, 0.1) is 0 Å². The van der Waals surface area contributed by atoms with Gasteiger partial charge in [0.05, 0.1) is 14.2 Å². The van der Waals surface area contributed by atoms with Gasteiger partial charge in [-0.25, -0.2) is 0 Å². The minimum atomic E-state index is -0.277. The molecule has 0 radical (unpaired) electrons. The lowest BCUT2D eigenvalue weighted by molar-refractivity contribution is 0.0988. The number of carbonyl (C=O) groups is 2. The van der Waals surface area contributed by atoms with Crippen molar-refractivity contribution in [2.75, 3.05) is 31.0 Å². The monoisotopic (exact) mass is 403 g/mol. The Morgan fingerprint density at radius 2 is 1.70 bits per heavy atom. The number of aromatic nitrogens is 1. The predicted molar refractivity (Wildman–Crippen MR) is 114 cm³/mol. The number of ether oxygens (including phenoxy) is 2. The third-order valence-electron chi connectivity index (χ3n) is 5.06. The molecule has 0 saturated carbocycles. The van der Waals surface area contributed by atoms with Gasteiger partial charge in [0, 0.05) is 41.4 Å². The van der Waals surface area contributed by atoms with E-state index < -0.39 is 0 Å². The lowest BCUT2D eigenvalue weighted by Crippen LogP contribution is -2.28. The number of hydrogen-bond donors (Lipinski definition) is 1. The van der Waals surface area contributed by atoms with Crippen molar-refractivity contribution in [3.8, 4) is 11.5 Å². The number of nitrogens with zero attached hydrogens (tertiary/aromatic N) is 2. The third kappa shape index (κ3) is 3.69. The van der Waals surface area contributed by atoms with Crippen LogP contribution in [0.25, 0.3) is 0 Å². The summed E-state index contributed by atoms with van der Waals surface area (Å²) in [4.78, 5) is 31.3. The van der Waals surface area contributed by atoms with E-state index in [9.17, 15) is 9.59 Å². The van der Waals surface area contributed by atoms with Crippen molar-refractivity contribution in [2.24, 2.45) is 0 Å². The molecule has 4 rings (SSSR count). The molecule has 0 bridgehead atoms. The maximum absolute atomic E-state index is 12.9. The lowest BCUT2D eigenvalue weighted by atomic mass is 10.1. The molecule has 0 saturated heterocycles. The summed E-state index contributed by atoms with van der Waals surface area (Å²) in [6.45, 7) is 0.601. The van der Waals surface area contributed by atoms with Crippen LogP contribution in [-0.4, -0.2) is 37.6 Å². The van der Waals surface area contributed by atoms with Gasteiger partial charge in [0.2, 0.25) is 0 Å². The van der Waals surface area contributed by atoms with Crippen LogP contribution in [0.4, 0.5) is 11.4 Å². The third-order valence-corrected chi connectivity index (χ3v) is 5.06. The number of amides is 2. The van der Waals surface area contributed by atoms with Crippen molar-refractivity contribution in [3.05, 3.63) is 77.6 Å². The second-order valence-electron chi connectivity index (χ2n) is 6.81. The first kappa shape index (κ1) is 19.4. The van der Waals surface area contributed by atoms with Crippen LogP contribution in [-0.2, 0) is 6.42 Å². The molecule has 152 valence electrons. The van der Waals surface area contributed by atoms with E-state index in [1.807, 2.05) is 18.2 Å². The summed E-state index contributed by atoms with van der Waals surface area (Å²) in [6, 6.07) is 14.0. The first-order valence-electron chi connectivity index (χ1n) is 9.49. The summed E-state index contributed by atoms with van der Waals surface area (Å²) >= 11 is 0. The van der Waals surface area contributed by atoms with Gasteiger partial charge in [-0.2, -0.15) is 0 Å². The van der Waals surface area contributed by atoms with Gasteiger partial charge < -0.3 is 19.7 Å². The zero-order valence-corrected chi connectivity index (χ0v) is 16.7. The number of benzene rings is 2. The number of methoxy groups -OCH3 is 2. The van der Waals surface area contributed by atoms with E-state index in [1.54, 1.807) is 54.7 Å². The van der Waals surface area contributed by atoms with Crippen LogP contribution in [0.1, 0.15) is 26.3 Å². The van der Waals surface area contributed by atoms with Crippen LogP contribution < -0.4 is 19.7 Å². The number of fused-ring (bicyclic) bond motifs is 1. The number of hydrogen-bond acceptors (Lipinski definition) is 5. The topological polar surface area (TPSA) is 80.8 Å². The van der Waals surface area contributed by atoms with Crippen LogP contribution in [0.2, 0.25) is 0 Å². The quantitative estimate of drug-likeness (QED) is 0.705. The van der Waals surface area contributed by atoms with E-state index in [4.69, 9.17) is 9.47 Å². The molecule has 7 heteroatoms. The molecular formula is C23H21N3O4. The Labute approximate surface area is 174 Å². The molecule has 2 aromatic carbocycles. The molecule has 0 atom stereocenters. The summed E-state index contributed by atoms with van der Waals surface area (Å²) in [7, 11) is 3.07. The Morgan fingerprint density at radius 3 is 2.43 bits per heavy atom. The van der Waals surface area contributed by atoms with E-state index >= 15 is 0 Å². The molecule has 1 aliphatic rings. The van der Waals surface area contributed by atoms with Crippen LogP contribution >= 0.6 is 0 Å². The molecule has 0 unspecified atom stereocenters. The highest BCUT2D eigenvalue weighted by atomic mass is 16.5. The lowest BCUT2D eigenvalue weighted by Gasteiger charge is -2.18. The fourth-order valence-corrected chi connectivity index (χ4v) is 3.50. The number of nitrogens with one attached hydrogen (secondary N) is 1. The zero-order valence-electron chi connectivity index (χ0n) is 16.7. The van der Waals surface area contributed by atoms with Gasteiger partial charge in [0.1, 0.15) is 0 Å². The second-order valence-corrected chi connectivity index (χ2v) is 6.81. The van der Waals surface area contributed by atoms with E-state index in [-0.39, 0.29) is 11.8 Å². The smallest absolute Gasteiger partial charge is 0.258 e. The highest BCUT2D eigenvalue weighted by Crippen LogP contribution is 2.33. The standard InChI is InChI=1S/C23H21N3O4/c1-29-20-6-4-17(13-21(20)30-2)22(27)25-18-5-3-15-9-12-26(19(15)14-18)23(28)16-7-10-24-11-8-16/h3-8,10-11,13-14H,9,12H2,1-2H3,(H,25,27). The Balaban J connectivity index is 1.56. The van der Waals surface area contributed by atoms with Crippen molar-refractivity contribution >= 4 is 23.2 Å². The maximum atomic E-state index is 12.9. The zero-order chi connectivity index (χ0) is 21.1. The SMILES string of the molecule is COc1ccc(C(=O)Nc2ccc3c(c2)N(C(=O)c2ccncc2)CC3)cc1OC. The van der Waals surface area contributed by atoms with Gasteiger partial charge in [-0.05, 0) is 54.4 Å². The summed E-state index contributed by atoms with van der Waals surface area (Å²) < 4.78 is 10.5. The normalized spacial score (nSPS) is 12.3. The molecule has 1 N–H and O–H groups in total. The number of pyridine rings is 1. The minimum absolute atomic E-state index is 0.0838. The number of anilines is 2. The number of carbonyl (C=O) groups excluding carboxylic acids is 2. The molecule has 1 aliphatic heterocycles. The average molecular weight is 403 g/mol. The molecule has 2 amide bonds. The first-order valence-corrected chi connectivity index (χ1v) is 9.49. The average Bonchev–Trinajstić information content (AvgIpc) is 3.21. The molecule has 7 nitrogen and oxygen atoms in total. The summed E-state index contributed by atoms with van der Waals surface area (Å²) in [6.07, 6.45) is 3.98. The molecule has 30 heavy (non-hydrogen) atoms. The first-order chi connectivity index (χ1) is 14.6. The summed E-state index contributed by atoms with van der Waals surface area (Å²) in [5.41, 5.74) is 3.52. The fourth-order valence-electron chi connectivity index (χ4n) is 3.50. The largest absolute Gasteiger partial charge is 0.493 e. The Hall–Kier alpha value is -3.87. The molecule has 0 fully saturated rings. The van der Waals surface area contributed by atoms with E-state index in [2.05, 4.69) is 10.3 Å². The van der Waals surface area contributed by atoms with Crippen molar-refractivity contribution in [2.45, 2.75) is 6.42 Å². The van der Waals surface area contributed by atoms with Gasteiger partial charge in [0.25, 0.3) is 11.8 Å². The Morgan fingerprint density at radius 1 is 0.933 bits per heavy atom. The number of rotatable bonds is 5.